The van der Waals surface area contributed by atoms with Gasteiger partial charge in [0.2, 0.25) is 0 Å². The first-order valence-electron chi connectivity index (χ1n) is 8.72. The van der Waals surface area contributed by atoms with Crippen molar-refractivity contribution in [1.29, 1.82) is 0 Å². The van der Waals surface area contributed by atoms with Crippen LogP contribution in [0.3, 0.4) is 0 Å². The van der Waals surface area contributed by atoms with Crippen molar-refractivity contribution in [2.75, 3.05) is 13.7 Å². The van der Waals surface area contributed by atoms with E-state index in [1.54, 1.807) is 26.4 Å². The standard InChI is InChI=1S/C20H24N2O3/c1-21-13-11-16(14-19(21)23)20(24)22-12-5-3-4-6-18(22)15-7-9-17(25-2)10-8-15/h7-11,13-14,18H,3-6,12H2,1-2H3. The molecule has 3 rings (SSSR count). The summed E-state index contributed by atoms with van der Waals surface area (Å²) in [5.74, 6) is 0.738. The Kier molecular flexibility index (Phi) is 5.22. The van der Waals surface area contributed by atoms with Gasteiger partial charge in [-0.3, -0.25) is 9.59 Å². The molecule has 1 amide bonds. The molecule has 1 atom stereocenters. The van der Waals surface area contributed by atoms with Crippen LogP contribution in [-0.2, 0) is 7.05 Å². The maximum atomic E-state index is 13.1. The fourth-order valence-electron chi connectivity index (χ4n) is 3.37. The topological polar surface area (TPSA) is 51.5 Å². The third kappa shape index (κ3) is 3.76. The Hall–Kier alpha value is -2.56. The van der Waals surface area contributed by atoms with Crippen LogP contribution in [-0.4, -0.2) is 29.0 Å². The minimum Gasteiger partial charge on any atom is -0.497 e. The number of carbonyl (C=O) groups is 1. The van der Waals surface area contributed by atoms with Crippen molar-refractivity contribution in [1.82, 2.24) is 9.47 Å². The molecule has 1 saturated heterocycles. The van der Waals surface area contributed by atoms with Gasteiger partial charge in [0.25, 0.3) is 11.5 Å². The summed E-state index contributed by atoms with van der Waals surface area (Å²) >= 11 is 0. The third-order valence-electron chi connectivity index (χ3n) is 4.87. The molecule has 1 aliphatic heterocycles. The van der Waals surface area contributed by atoms with Crippen LogP contribution in [0.4, 0.5) is 0 Å². The second-order valence-corrected chi connectivity index (χ2v) is 6.50. The fourth-order valence-corrected chi connectivity index (χ4v) is 3.37. The Balaban J connectivity index is 1.92. The maximum Gasteiger partial charge on any atom is 0.254 e. The van der Waals surface area contributed by atoms with Crippen molar-refractivity contribution in [2.45, 2.75) is 31.7 Å². The van der Waals surface area contributed by atoms with Crippen LogP contribution in [0, 0.1) is 0 Å². The highest BCUT2D eigenvalue weighted by Crippen LogP contribution is 2.32. The lowest BCUT2D eigenvalue weighted by Crippen LogP contribution is -2.35. The second kappa shape index (κ2) is 7.55. The summed E-state index contributed by atoms with van der Waals surface area (Å²) < 4.78 is 6.70. The molecule has 2 aromatic rings. The summed E-state index contributed by atoms with van der Waals surface area (Å²) in [6.45, 7) is 0.713. The average Bonchev–Trinajstić information content (AvgIpc) is 2.89. The number of methoxy groups -OCH3 is 1. The number of carbonyl (C=O) groups excluding carboxylic acids is 1. The summed E-state index contributed by atoms with van der Waals surface area (Å²) in [4.78, 5) is 26.9. The van der Waals surface area contributed by atoms with Crippen molar-refractivity contribution < 1.29 is 9.53 Å². The summed E-state index contributed by atoms with van der Waals surface area (Å²) in [7, 11) is 3.33. The number of amides is 1. The quantitative estimate of drug-likeness (QED) is 0.862. The molecule has 1 aromatic heterocycles. The molecule has 1 fully saturated rings. The Bertz CT molecular complexity index is 795. The normalized spacial score (nSPS) is 17.8. The number of rotatable bonds is 3. The van der Waals surface area contributed by atoms with Crippen LogP contribution in [0.25, 0.3) is 0 Å². The van der Waals surface area contributed by atoms with E-state index in [4.69, 9.17) is 4.74 Å². The van der Waals surface area contributed by atoms with Gasteiger partial charge in [0.1, 0.15) is 5.75 Å². The number of benzene rings is 1. The molecule has 132 valence electrons. The Morgan fingerprint density at radius 3 is 2.56 bits per heavy atom. The SMILES string of the molecule is COc1ccc(C2CCCCCN2C(=O)c2ccn(C)c(=O)c2)cc1. The van der Waals surface area contributed by atoms with E-state index in [0.29, 0.717) is 12.1 Å². The van der Waals surface area contributed by atoms with Gasteiger partial charge < -0.3 is 14.2 Å². The highest BCUT2D eigenvalue weighted by Gasteiger charge is 2.27. The number of pyridine rings is 1. The number of ether oxygens (including phenoxy) is 1. The van der Waals surface area contributed by atoms with Crippen molar-refractivity contribution >= 4 is 5.91 Å². The van der Waals surface area contributed by atoms with Gasteiger partial charge in [0.05, 0.1) is 13.2 Å². The van der Waals surface area contributed by atoms with Crippen LogP contribution in [0.1, 0.15) is 47.6 Å². The minimum atomic E-state index is -0.165. The van der Waals surface area contributed by atoms with Gasteiger partial charge in [-0.1, -0.05) is 25.0 Å². The zero-order valence-electron chi connectivity index (χ0n) is 14.8. The monoisotopic (exact) mass is 340 g/mol. The lowest BCUT2D eigenvalue weighted by Gasteiger charge is -2.30. The molecule has 0 bridgehead atoms. The van der Waals surface area contributed by atoms with Crippen molar-refractivity contribution in [2.24, 2.45) is 7.05 Å². The third-order valence-corrected chi connectivity index (χ3v) is 4.87. The number of nitrogens with zero attached hydrogens (tertiary/aromatic N) is 2. The van der Waals surface area contributed by atoms with E-state index in [0.717, 1.165) is 37.0 Å². The zero-order chi connectivity index (χ0) is 17.8. The molecule has 2 heterocycles. The molecular weight excluding hydrogens is 316 g/mol. The lowest BCUT2D eigenvalue weighted by atomic mass is 10.00. The van der Waals surface area contributed by atoms with E-state index >= 15 is 0 Å². The van der Waals surface area contributed by atoms with E-state index in [2.05, 4.69) is 0 Å². The van der Waals surface area contributed by atoms with Crippen LogP contribution in [0.5, 0.6) is 5.75 Å². The first kappa shape index (κ1) is 17.3. The van der Waals surface area contributed by atoms with Gasteiger partial charge in [-0.05, 0) is 36.6 Å². The minimum absolute atomic E-state index is 0.0324. The summed E-state index contributed by atoms with van der Waals surface area (Å²) in [5.41, 5.74) is 1.41. The van der Waals surface area contributed by atoms with E-state index in [-0.39, 0.29) is 17.5 Å². The maximum absolute atomic E-state index is 13.1. The van der Waals surface area contributed by atoms with Crippen LogP contribution in [0.2, 0.25) is 0 Å². The number of hydrogen-bond donors (Lipinski definition) is 0. The molecule has 5 heteroatoms. The largest absolute Gasteiger partial charge is 0.497 e. The van der Waals surface area contributed by atoms with Crippen molar-refractivity contribution in [3.05, 3.63) is 64.1 Å². The summed E-state index contributed by atoms with van der Waals surface area (Å²) in [5, 5.41) is 0. The average molecular weight is 340 g/mol. The van der Waals surface area contributed by atoms with Crippen molar-refractivity contribution in [3.8, 4) is 5.75 Å². The number of aromatic nitrogens is 1. The molecule has 25 heavy (non-hydrogen) atoms. The van der Waals surface area contributed by atoms with Gasteiger partial charge in [-0.15, -0.1) is 0 Å². The summed E-state index contributed by atoms with van der Waals surface area (Å²) in [6, 6.07) is 11.1. The van der Waals surface area contributed by atoms with E-state index < -0.39 is 0 Å². The van der Waals surface area contributed by atoms with E-state index in [1.165, 1.54) is 10.6 Å². The first-order chi connectivity index (χ1) is 12.1. The van der Waals surface area contributed by atoms with Gasteiger partial charge >= 0.3 is 0 Å². The molecule has 0 saturated carbocycles. The predicted octanol–water partition coefficient (Wildman–Crippen LogP) is 3.15. The Morgan fingerprint density at radius 2 is 1.88 bits per heavy atom. The summed E-state index contributed by atoms with van der Waals surface area (Å²) in [6.07, 6.45) is 5.78. The van der Waals surface area contributed by atoms with Crippen LogP contribution < -0.4 is 10.3 Å². The second-order valence-electron chi connectivity index (χ2n) is 6.50. The van der Waals surface area contributed by atoms with Crippen molar-refractivity contribution in [3.63, 3.8) is 0 Å². The van der Waals surface area contributed by atoms with Gasteiger partial charge in [0, 0.05) is 31.4 Å². The molecule has 0 spiro atoms. The molecule has 1 unspecified atom stereocenters. The molecule has 1 aromatic carbocycles. The highest BCUT2D eigenvalue weighted by atomic mass is 16.5. The molecule has 0 radical (unpaired) electrons. The fraction of sp³-hybridized carbons (Fsp3) is 0.400. The molecule has 5 nitrogen and oxygen atoms in total. The van der Waals surface area contributed by atoms with Gasteiger partial charge in [0.15, 0.2) is 0 Å². The van der Waals surface area contributed by atoms with Gasteiger partial charge in [-0.2, -0.15) is 0 Å². The lowest BCUT2D eigenvalue weighted by molar-refractivity contribution is 0.0680. The molecular formula is C20H24N2O3. The Morgan fingerprint density at radius 1 is 1.12 bits per heavy atom. The highest BCUT2D eigenvalue weighted by molar-refractivity contribution is 5.94. The molecule has 0 N–H and O–H groups in total. The van der Waals surface area contributed by atoms with Crippen LogP contribution >= 0.6 is 0 Å². The molecule has 0 aliphatic carbocycles. The number of hydrogen-bond acceptors (Lipinski definition) is 3. The molecule has 1 aliphatic rings. The van der Waals surface area contributed by atoms with Crippen LogP contribution in [0.15, 0.2) is 47.4 Å². The zero-order valence-corrected chi connectivity index (χ0v) is 14.8. The van der Waals surface area contributed by atoms with Gasteiger partial charge in [-0.25, -0.2) is 0 Å². The smallest absolute Gasteiger partial charge is 0.254 e. The Labute approximate surface area is 147 Å². The first-order valence-corrected chi connectivity index (χ1v) is 8.72. The predicted molar refractivity (Wildman–Crippen MR) is 96.9 cm³/mol. The number of likely N-dealkylation sites (tertiary alicyclic amines) is 1. The van der Waals surface area contributed by atoms with E-state index in [1.807, 2.05) is 29.2 Å². The number of aryl methyl sites for hydroxylation is 1. The van der Waals surface area contributed by atoms with E-state index in [9.17, 15) is 9.59 Å².